The van der Waals surface area contributed by atoms with Crippen molar-refractivity contribution < 1.29 is 17.9 Å². The van der Waals surface area contributed by atoms with Crippen LogP contribution in [-0.2, 0) is 19.6 Å². The van der Waals surface area contributed by atoms with E-state index in [2.05, 4.69) is 23.7 Å². The maximum Gasteiger partial charge on any atom is 0.247 e. The highest BCUT2D eigenvalue weighted by molar-refractivity contribution is 7.89. The van der Waals surface area contributed by atoms with Crippen LogP contribution in [-0.4, -0.2) is 79.5 Å². The van der Waals surface area contributed by atoms with Gasteiger partial charge in [0.2, 0.25) is 15.9 Å². The van der Waals surface area contributed by atoms with Crippen LogP contribution >= 0.6 is 0 Å². The number of anilines is 1. The largest absolute Gasteiger partial charge is 0.377 e. The number of hydrogen-bond donors (Lipinski definition) is 0. The molecule has 2 saturated heterocycles. The van der Waals surface area contributed by atoms with E-state index < -0.39 is 16.1 Å². The zero-order valence-electron chi connectivity index (χ0n) is 21.5. The average molecular weight is 493 g/mol. The maximum absolute atomic E-state index is 14.0. The first-order valence-corrected chi connectivity index (χ1v) is 14.0. The van der Waals surface area contributed by atoms with E-state index in [0.717, 1.165) is 25.0 Å². The molecule has 190 valence electrons. The molecule has 9 heteroatoms. The quantitative estimate of drug-likeness (QED) is 0.628. The molecule has 0 unspecified atom stereocenters. The molecule has 1 aromatic rings. The predicted octanol–water partition coefficient (Wildman–Crippen LogP) is 3.19. The molecule has 0 spiro atoms. The third-order valence-electron chi connectivity index (χ3n) is 7.80. The van der Waals surface area contributed by atoms with Crippen molar-refractivity contribution in [1.82, 2.24) is 14.2 Å². The summed E-state index contributed by atoms with van der Waals surface area (Å²) < 4.78 is 35.2. The first-order chi connectivity index (χ1) is 15.9. The summed E-state index contributed by atoms with van der Waals surface area (Å²) in [4.78, 5) is 22.3. The Morgan fingerprint density at radius 1 is 1.18 bits per heavy atom. The molecule has 4 atom stereocenters. The van der Waals surface area contributed by atoms with Gasteiger partial charge in [0.1, 0.15) is 16.8 Å². The molecule has 1 aromatic heterocycles. The summed E-state index contributed by atoms with van der Waals surface area (Å²) in [5.74, 6) is 0.380. The zero-order valence-corrected chi connectivity index (χ0v) is 22.3. The van der Waals surface area contributed by atoms with Gasteiger partial charge in [0.05, 0.1) is 25.3 Å². The minimum Gasteiger partial charge on any atom is -0.377 e. The Bertz CT molecular complexity index is 1020. The molecule has 1 aliphatic carbocycles. The number of ether oxygens (including phenoxy) is 1. The highest BCUT2D eigenvalue weighted by Crippen LogP contribution is 2.40. The molecule has 0 N–H and O–H groups in total. The number of pyridine rings is 1. The molecule has 2 aliphatic heterocycles. The fourth-order valence-electron chi connectivity index (χ4n) is 5.88. The van der Waals surface area contributed by atoms with Crippen LogP contribution in [0.5, 0.6) is 0 Å². The Hall–Kier alpha value is -1.71. The van der Waals surface area contributed by atoms with Crippen molar-refractivity contribution in [1.29, 1.82) is 0 Å². The van der Waals surface area contributed by atoms with Gasteiger partial charge in [-0.2, -0.15) is 4.31 Å². The molecular weight excluding hydrogens is 452 g/mol. The Balaban J connectivity index is 1.65. The molecule has 0 aromatic carbocycles. The molecule has 1 amide bonds. The Kier molecular flexibility index (Phi) is 7.01. The average Bonchev–Trinajstić information content (AvgIpc) is 3.39. The lowest BCUT2D eigenvalue weighted by Crippen LogP contribution is -2.52. The summed E-state index contributed by atoms with van der Waals surface area (Å²) in [5, 5.41) is 0. The van der Waals surface area contributed by atoms with Crippen molar-refractivity contribution >= 4 is 21.7 Å². The molecule has 3 fully saturated rings. The number of amides is 1. The zero-order chi connectivity index (χ0) is 24.8. The van der Waals surface area contributed by atoms with E-state index in [0.29, 0.717) is 38.4 Å². The van der Waals surface area contributed by atoms with E-state index in [-0.39, 0.29) is 34.3 Å². The van der Waals surface area contributed by atoms with Crippen molar-refractivity contribution in [3.8, 4) is 0 Å². The fraction of sp³-hybridized carbons (Fsp3) is 0.760. The van der Waals surface area contributed by atoms with E-state index in [1.807, 2.05) is 32.7 Å². The van der Waals surface area contributed by atoms with Gasteiger partial charge in [-0.3, -0.25) is 4.79 Å². The van der Waals surface area contributed by atoms with Crippen LogP contribution in [0.15, 0.2) is 17.0 Å². The number of carbonyl (C=O) groups excluding carboxylic acids is 1. The van der Waals surface area contributed by atoms with Crippen LogP contribution in [0.3, 0.4) is 0 Å². The minimum absolute atomic E-state index is 0.000129. The highest BCUT2D eigenvalue weighted by Gasteiger charge is 2.45. The van der Waals surface area contributed by atoms with Gasteiger partial charge in [0.15, 0.2) is 0 Å². The lowest BCUT2D eigenvalue weighted by molar-refractivity contribution is -0.135. The lowest BCUT2D eigenvalue weighted by atomic mass is 9.91. The summed E-state index contributed by atoms with van der Waals surface area (Å²) in [7, 11) is -2.07. The number of rotatable bonds is 5. The number of carbonyl (C=O) groups is 1. The highest BCUT2D eigenvalue weighted by atomic mass is 32.2. The van der Waals surface area contributed by atoms with Gasteiger partial charge in [-0.25, -0.2) is 13.4 Å². The number of nitrogens with zero attached hydrogens (tertiary/aromatic N) is 4. The second-order valence-corrected chi connectivity index (χ2v) is 13.1. The van der Waals surface area contributed by atoms with Crippen LogP contribution in [0.25, 0.3) is 0 Å². The molecule has 8 nitrogen and oxygen atoms in total. The molecule has 3 aliphatic rings. The molecule has 4 rings (SSSR count). The number of morpholine rings is 1. The summed E-state index contributed by atoms with van der Waals surface area (Å²) in [6.45, 7) is 11.8. The molecular formula is C25H40N4O4S. The van der Waals surface area contributed by atoms with Gasteiger partial charge in [-0.1, -0.05) is 13.8 Å². The van der Waals surface area contributed by atoms with E-state index in [9.17, 15) is 13.2 Å². The van der Waals surface area contributed by atoms with Gasteiger partial charge < -0.3 is 14.5 Å². The summed E-state index contributed by atoms with van der Waals surface area (Å²) in [5.41, 5.74) is 0.978. The van der Waals surface area contributed by atoms with Gasteiger partial charge in [-0.05, 0) is 70.4 Å². The lowest BCUT2D eigenvalue weighted by Gasteiger charge is -2.41. The first-order valence-electron chi connectivity index (χ1n) is 12.5. The molecule has 1 saturated carbocycles. The smallest absolute Gasteiger partial charge is 0.247 e. The van der Waals surface area contributed by atoms with Crippen LogP contribution in [0, 0.1) is 12.3 Å². The third-order valence-corrected chi connectivity index (χ3v) is 9.73. The second kappa shape index (κ2) is 9.39. The summed E-state index contributed by atoms with van der Waals surface area (Å²) >= 11 is 0. The van der Waals surface area contributed by atoms with Crippen LogP contribution in [0.2, 0.25) is 0 Å². The second-order valence-electron chi connectivity index (χ2n) is 11.2. The van der Waals surface area contributed by atoms with Gasteiger partial charge in [0, 0.05) is 25.3 Å². The van der Waals surface area contributed by atoms with Crippen molar-refractivity contribution in [2.75, 3.05) is 31.7 Å². The van der Waals surface area contributed by atoms with Crippen LogP contribution in [0.4, 0.5) is 5.82 Å². The van der Waals surface area contributed by atoms with Crippen LogP contribution < -0.4 is 4.90 Å². The minimum atomic E-state index is -3.92. The summed E-state index contributed by atoms with van der Waals surface area (Å²) in [6, 6.07) is 2.91. The maximum atomic E-state index is 14.0. The number of aromatic nitrogens is 1. The Morgan fingerprint density at radius 3 is 2.47 bits per heavy atom. The summed E-state index contributed by atoms with van der Waals surface area (Å²) in [6.07, 6.45) is 4.23. The van der Waals surface area contributed by atoms with Crippen molar-refractivity contribution in [3.63, 3.8) is 0 Å². The fourth-order valence-corrected chi connectivity index (χ4v) is 7.66. The molecule has 0 radical (unpaired) electrons. The van der Waals surface area contributed by atoms with Crippen molar-refractivity contribution in [3.05, 3.63) is 17.8 Å². The third kappa shape index (κ3) is 4.71. The SMILES string of the molecule is Cc1ccc(S(=O)(=O)N2CCC[C@H]2C(=O)N(C)[C@@H]2CCC(C)(C)C2)c(N2[C@@H](C)COC[C@@H]2C)n1. The van der Waals surface area contributed by atoms with Crippen LogP contribution in [0.1, 0.15) is 65.5 Å². The van der Waals surface area contributed by atoms with E-state index in [4.69, 9.17) is 4.74 Å². The number of likely N-dealkylation sites (N-methyl/N-ethyl adjacent to an activating group) is 1. The molecule has 34 heavy (non-hydrogen) atoms. The number of hydrogen-bond acceptors (Lipinski definition) is 6. The van der Waals surface area contributed by atoms with Gasteiger partial charge >= 0.3 is 0 Å². The molecule has 0 bridgehead atoms. The van der Waals surface area contributed by atoms with E-state index >= 15 is 0 Å². The Morgan fingerprint density at radius 2 is 1.85 bits per heavy atom. The molecule has 3 heterocycles. The number of sulfonamides is 1. The predicted molar refractivity (Wildman–Crippen MR) is 132 cm³/mol. The first kappa shape index (κ1) is 25.4. The van der Waals surface area contributed by atoms with Gasteiger partial charge in [-0.15, -0.1) is 0 Å². The Labute approximate surface area is 204 Å². The van der Waals surface area contributed by atoms with Gasteiger partial charge in [0.25, 0.3) is 0 Å². The normalized spacial score (nSPS) is 30.0. The van der Waals surface area contributed by atoms with Crippen molar-refractivity contribution in [2.24, 2.45) is 5.41 Å². The standard InChI is InChI=1S/C25H40N4O4S/c1-17-9-10-22(23(26-17)29-18(2)15-33-16-19(29)3)34(31,32)28-13-7-8-21(28)24(30)27(6)20-11-12-25(4,5)14-20/h9-10,18-21H,7-8,11-16H2,1-6H3/t18-,19-,20+,21-/m0/s1. The van der Waals surface area contributed by atoms with E-state index in [1.165, 1.54) is 4.31 Å². The van der Waals surface area contributed by atoms with E-state index in [1.54, 1.807) is 12.1 Å². The van der Waals surface area contributed by atoms with Crippen molar-refractivity contribution in [2.45, 2.75) is 95.8 Å². The monoisotopic (exact) mass is 492 g/mol. The topological polar surface area (TPSA) is 83.1 Å². The number of aryl methyl sites for hydroxylation is 1.